The second-order valence-corrected chi connectivity index (χ2v) is 3.45. The van der Waals surface area contributed by atoms with E-state index in [9.17, 15) is 26.3 Å². The van der Waals surface area contributed by atoms with Gasteiger partial charge in [-0.25, -0.2) is 0 Å². The Morgan fingerprint density at radius 1 is 1.00 bits per heavy atom. The van der Waals surface area contributed by atoms with Crippen molar-refractivity contribution in [2.24, 2.45) is 0 Å². The Bertz CT molecular complexity index is 207. The average molecular weight is 240 g/mol. The van der Waals surface area contributed by atoms with Crippen molar-refractivity contribution in [2.75, 3.05) is 0 Å². The molecule has 2 N–H and O–H groups in total. The van der Waals surface area contributed by atoms with E-state index in [-0.39, 0.29) is 0 Å². The molecular formula is C7H10F6O2. The lowest BCUT2D eigenvalue weighted by Gasteiger charge is -2.28. The van der Waals surface area contributed by atoms with Crippen molar-refractivity contribution in [3.05, 3.63) is 0 Å². The number of halogens is 6. The minimum absolute atomic E-state index is 0.312. The summed E-state index contributed by atoms with van der Waals surface area (Å²) in [5, 5.41) is 17.5. The monoisotopic (exact) mass is 240 g/mol. The summed E-state index contributed by atoms with van der Waals surface area (Å²) in [5.74, 6) is 0. The predicted octanol–water partition coefficient (Wildman–Crippen LogP) is 2.00. The molecule has 2 unspecified atom stereocenters. The molecule has 0 spiro atoms. The van der Waals surface area contributed by atoms with Crippen LogP contribution in [0.5, 0.6) is 0 Å². The third-order valence-corrected chi connectivity index (χ3v) is 1.71. The second kappa shape index (κ2) is 4.17. The molecule has 0 heterocycles. The van der Waals surface area contributed by atoms with Crippen molar-refractivity contribution in [1.82, 2.24) is 0 Å². The zero-order valence-electron chi connectivity index (χ0n) is 7.65. The Labute approximate surface area is 81.5 Å². The molecule has 0 fully saturated rings. The van der Waals surface area contributed by atoms with E-state index in [1.807, 2.05) is 0 Å². The van der Waals surface area contributed by atoms with E-state index in [1.165, 1.54) is 0 Å². The highest BCUT2D eigenvalue weighted by Gasteiger charge is 2.51. The van der Waals surface area contributed by atoms with Gasteiger partial charge in [0, 0.05) is 6.42 Å². The van der Waals surface area contributed by atoms with Crippen molar-refractivity contribution in [2.45, 2.75) is 43.8 Å². The number of hydrogen-bond acceptors (Lipinski definition) is 2. The fraction of sp³-hybridized carbons (Fsp3) is 1.00. The molecule has 0 aromatic carbocycles. The van der Waals surface area contributed by atoms with Crippen molar-refractivity contribution >= 4 is 0 Å². The highest BCUT2D eigenvalue weighted by Crippen LogP contribution is 2.35. The van der Waals surface area contributed by atoms with Crippen LogP contribution in [-0.2, 0) is 0 Å². The van der Waals surface area contributed by atoms with Gasteiger partial charge in [0.1, 0.15) is 0 Å². The molecule has 2 nitrogen and oxygen atoms in total. The van der Waals surface area contributed by atoms with Gasteiger partial charge in [-0.05, 0) is 6.92 Å². The fourth-order valence-corrected chi connectivity index (χ4v) is 0.914. The van der Waals surface area contributed by atoms with Crippen LogP contribution in [0, 0.1) is 0 Å². The van der Waals surface area contributed by atoms with Crippen LogP contribution >= 0.6 is 0 Å². The highest BCUT2D eigenvalue weighted by atomic mass is 19.4. The smallest absolute Gasteiger partial charge is 0.393 e. The third kappa shape index (κ3) is 5.22. The van der Waals surface area contributed by atoms with E-state index < -0.39 is 36.9 Å². The van der Waals surface area contributed by atoms with Gasteiger partial charge in [0.05, 0.1) is 12.5 Å². The third-order valence-electron chi connectivity index (χ3n) is 1.71. The molecule has 0 saturated carbocycles. The van der Waals surface area contributed by atoms with E-state index in [1.54, 1.807) is 0 Å². The predicted molar refractivity (Wildman–Crippen MR) is 38.0 cm³/mol. The molecular weight excluding hydrogens is 230 g/mol. The highest BCUT2D eigenvalue weighted by molar-refractivity contribution is 4.84. The van der Waals surface area contributed by atoms with Gasteiger partial charge < -0.3 is 10.2 Å². The summed E-state index contributed by atoms with van der Waals surface area (Å²) in [5.41, 5.74) is -3.32. The number of hydrogen-bond donors (Lipinski definition) is 2. The van der Waals surface area contributed by atoms with Gasteiger partial charge >= 0.3 is 12.4 Å². The largest absolute Gasteiger partial charge is 0.416 e. The molecule has 0 rings (SSSR count). The molecule has 0 radical (unpaired) electrons. The fourth-order valence-electron chi connectivity index (χ4n) is 0.914. The number of rotatable bonds is 3. The number of alkyl halides is 6. The van der Waals surface area contributed by atoms with Gasteiger partial charge in [0.25, 0.3) is 0 Å². The molecule has 92 valence electrons. The van der Waals surface area contributed by atoms with Gasteiger partial charge in [-0.2, -0.15) is 26.3 Å². The first kappa shape index (κ1) is 14.5. The molecule has 0 amide bonds. The summed E-state index contributed by atoms with van der Waals surface area (Å²) in [6.07, 6.45) is -15.3. The SMILES string of the molecule is CC(O)(CC(O)CC(F)(F)F)C(F)(F)F. The van der Waals surface area contributed by atoms with Crippen molar-refractivity contribution in [3.8, 4) is 0 Å². The number of aliphatic hydroxyl groups excluding tert-OH is 1. The first-order chi connectivity index (χ1) is 6.35. The minimum atomic E-state index is -5.07. The van der Waals surface area contributed by atoms with Crippen LogP contribution in [0.15, 0.2) is 0 Å². The van der Waals surface area contributed by atoms with Crippen LogP contribution in [0.25, 0.3) is 0 Å². The first-order valence-corrected chi connectivity index (χ1v) is 3.89. The normalized spacial score (nSPS) is 19.8. The van der Waals surface area contributed by atoms with Gasteiger partial charge in [0.2, 0.25) is 0 Å². The Hall–Kier alpha value is -0.500. The zero-order chi connectivity index (χ0) is 12.5. The Balaban J connectivity index is 4.36. The van der Waals surface area contributed by atoms with Gasteiger partial charge in [-0.3, -0.25) is 0 Å². The maximum atomic E-state index is 12.0. The lowest BCUT2D eigenvalue weighted by atomic mass is 9.96. The summed E-state index contributed by atoms with van der Waals surface area (Å²) in [7, 11) is 0. The van der Waals surface area contributed by atoms with Crippen molar-refractivity contribution in [3.63, 3.8) is 0 Å². The summed E-state index contributed by atoms with van der Waals surface area (Å²) < 4.78 is 70.9. The lowest BCUT2D eigenvalue weighted by molar-refractivity contribution is -0.264. The van der Waals surface area contributed by atoms with Crippen molar-refractivity contribution < 1.29 is 36.6 Å². The Morgan fingerprint density at radius 3 is 1.67 bits per heavy atom. The van der Waals surface area contributed by atoms with E-state index in [0.717, 1.165) is 0 Å². The Morgan fingerprint density at radius 2 is 1.40 bits per heavy atom. The molecule has 0 aromatic rings. The summed E-state index contributed by atoms with van der Waals surface area (Å²) >= 11 is 0. The topological polar surface area (TPSA) is 40.5 Å². The minimum Gasteiger partial charge on any atom is -0.393 e. The molecule has 0 aliphatic rings. The van der Waals surface area contributed by atoms with Crippen LogP contribution in [0.3, 0.4) is 0 Å². The van der Waals surface area contributed by atoms with Crippen LogP contribution in [0.2, 0.25) is 0 Å². The number of aliphatic hydroxyl groups is 2. The zero-order valence-corrected chi connectivity index (χ0v) is 7.65. The molecule has 0 aliphatic heterocycles. The van der Waals surface area contributed by atoms with Crippen molar-refractivity contribution in [1.29, 1.82) is 0 Å². The average Bonchev–Trinajstić information content (AvgIpc) is 1.75. The lowest BCUT2D eigenvalue weighted by Crippen LogP contribution is -2.45. The molecule has 0 aliphatic carbocycles. The molecule has 8 heteroatoms. The van der Waals surface area contributed by atoms with Crippen LogP contribution < -0.4 is 0 Å². The van der Waals surface area contributed by atoms with Gasteiger partial charge in [-0.15, -0.1) is 0 Å². The summed E-state index contributed by atoms with van der Waals surface area (Å²) in [4.78, 5) is 0. The molecule has 0 bridgehead atoms. The van der Waals surface area contributed by atoms with Crippen LogP contribution in [0.4, 0.5) is 26.3 Å². The van der Waals surface area contributed by atoms with E-state index >= 15 is 0 Å². The van der Waals surface area contributed by atoms with Gasteiger partial charge in [0.15, 0.2) is 5.60 Å². The Kier molecular flexibility index (Phi) is 4.03. The first-order valence-electron chi connectivity index (χ1n) is 3.89. The van der Waals surface area contributed by atoms with Gasteiger partial charge in [-0.1, -0.05) is 0 Å². The second-order valence-electron chi connectivity index (χ2n) is 3.45. The standard InChI is InChI=1S/C7H10F6O2/c1-5(15,7(11,12)13)2-4(14)3-6(8,9)10/h4,14-15H,2-3H2,1H3. The summed E-state index contributed by atoms with van der Waals surface area (Å²) in [6.45, 7) is 0.312. The van der Waals surface area contributed by atoms with E-state index in [0.29, 0.717) is 6.92 Å². The molecule has 15 heavy (non-hydrogen) atoms. The molecule has 0 saturated heterocycles. The van der Waals surface area contributed by atoms with Crippen LogP contribution in [0.1, 0.15) is 19.8 Å². The molecule has 2 atom stereocenters. The maximum absolute atomic E-state index is 12.0. The maximum Gasteiger partial charge on any atom is 0.416 e. The summed E-state index contributed by atoms with van der Waals surface area (Å²) in [6, 6.07) is 0. The molecule has 0 aromatic heterocycles. The van der Waals surface area contributed by atoms with E-state index in [4.69, 9.17) is 10.2 Å². The van der Waals surface area contributed by atoms with Crippen LogP contribution in [-0.4, -0.2) is 34.3 Å². The van der Waals surface area contributed by atoms with E-state index in [2.05, 4.69) is 0 Å². The quantitative estimate of drug-likeness (QED) is 0.741.